The molecule has 1 heterocycles. The summed E-state index contributed by atoms with van der Waals surface area (Å²) in [7, 11) is 1.20. The molecule has 0 unspecified atom stereocenters. The largest absolute Gasteiger partial charge is 0.465 e. The predicted molar refractivity (Wildman–Crippen MR) is 72.8 cm³/mol. The molecule has 2 aromatic rings. The molecule has 0 radical (unpaired) electrons. The summed E-state index contributed by atoms with van der Waals surface area (Å²) in [6.45, 7) is 0. The minimum Gasteiger partial charge on any atom is -0.465 e. The quantitative estimate of drug-likeness (QED) is 0.800. The maximum absolute atomic E-state index is 13.6. The number of methoxy groups -OCH3 is 1. The number of benzene rings is 1. The third-order valence-electron chi connectivity index (χ3n) is 3.42. The summed E-state index contributed by atoms with van der Waals surface area (Å²) in [5, 5.41) is 0.0961. The van der Waals surface area contributed by atoms with Gasteiger partial charge >= 0.3 is 5.97 Å². The fourth-order valence-corrected chi connectivity index (χ4v) is 2.41. The Balaban J connectivity index is 2.40. The Hall–Kier alpha value is -1.88. The Kier molecular flexibility index (Phi) is 3.01. The van der Waals surface area contributed by atoms with Crippen LogP contribution in [0.25, 0.3) is 10.9 Å². The standard InChI is InChI=1S/C14H11ClFNO3/c1-20-14(19)9-6-17(7-2-3-7)12-5-10(15)11(16)4-8(12)13(9)18/h4-7H,2-3H2,1H3. The van der Waals surface area contributed by atoms with E-state index in [4.69, 9.17) is 11.6 Å². The lowest BCUT2D eigenvalue weighted by molar-refractivity contribution is 0.0598. The summed E-state index contributed by atoms with van der Waals surface area (Å²) in [6, 6.07) is 2.71. The normalized spacial score (nSPS) is 14.6. The van der Waals surface area contributed by atoms with Crippen LogP contribution in [-0.2, 0) is 4.74 Å². The van der Waals surface area contributed by atoms with Crippen molar-refractivity contribution in [3.8, 4) is 0 Å². The Morgan fingerprint density at radius 1 is 1.45 bits per heavy atom. The number of esters is 1. The monoisotopic (exact) mass is 295 g/mol. The molecule has 0 amide bonds. The molecule has 0 aliphatic heterocycles. The number of carbonyl (C=O) groups is 1. The van der Waals surface area contributed by atoms with Crippen molar-refractivity contribution in [3.05, 3.63) is 45.0 Å². The van der Waals surface area contributed by atoms with E-state index >= 15 is 0 Å². The van der Waals surface area contributed by atoms with Gasteiger partial charge in [0, 0.05) is 17.6 Å². The van der Waals surface area contributed by atoms with Crippen LogP contribution in [0.1, 0.15) is 29.2 Å². The second kappa shape index (κ2) is 4.59. The Morgan fingerprint density at radius 2 is 2.15 bits per heavy atom. The van der Waals surface area contributed by atoms with E-state index in [1.165, 1.54) is 19.4 Å². The van der Waals surface area contributed by atoms with Crippen molar-refractivity contribution in [3.63, 3.8) is 0 Å². The lowest BCUT2D eigenvalue weighted by atomic mass is 10.1. The van der Waals surface area contributed by atoms with Gasteiger partial charge in [0.1, 0.15) is 11.4 Å². The summed E-state index contributed by atoms with van der Waals surface area (Å²) in [5.41, 5.74) is -0.0931. The van der Waals surface area contributed by atoms with Gasteiger partial charge in [-0.2, -0.15) is 0 Å². The molecule has 1 aliphatic rings. The van der Waals surface area contributed by atoms with Crippen molar-refractivity contribution in [1.29, 1.82) is 0 Å². The van der Waals surface area contributed by atoms with Crippen LogP contribution in [0.15, 0.2) is 23.1 Å². The van der Waals surface area contributed by atoms with Gasteiger partial charge in [-0.15, -0.1) is 0 Å². The maximum atomic E-state index is 13.6. The summed E-state index contributed by atoms with van der Waals surface area (Å²) in [4.78, 5) is 23.9. The zero-order chi connectivity index (χ0) is 14.4. The van der Waals surface area contributed by atoms with Crippen molar-refractivity contribution in [2.75, 3.05) is 7.11 Å². The molecule has 6 heteroatoms. The van der Waals surface area contributed by atoms with Crippen LogP contribution in [0.3, 0.4) is 0 Å². The highest BCUT2D eigenvalue weighted by atomic mass is 35.5. The molecule has 1 aliphatic carbocycles. The lowest BCUT2D eigenvalue weighted by Gasteiger charge is -2.12. The number of pyridine rings is 1. The van der Waals surface area contributed by atoms with Gasteiger partial charge in [0.25, 0.3) is 0 Å². The zero-order valence-electron chi connectivity index (χ0n) is 10.7. The molecule has 0 bridgehead atoms. The van der Waals surface area contributed by atoms with Crippen LogP contribution < -0.4 is 5.43 Å². The van der Waals surface area contributed by atoms with E-state index in [1.54, 1.807) is 4.57 Å². The molecule has 0 atom stereocenters. The minimum absolute atomic E-state index is 0.0443. The van der Waals surface area contributed by atoms with Crippen molar-refractivity contribution in [1.82, 2.24) is 4.57 Å². The number of rotatable bonds is 2. The van der Waals surface area contributed by atoms with Gasteiger partial charge in [0.15, 0.2) is 0 Å². The summed E-state index contributed by atoms with van der Waals surface area (Å²) < 4.78 is 20.0. The van der Waals surface area contributed by atoms with E-state index in [1.807, 2.05) is 0 Å². The van der Waals surface area contributed by atoms with Gasteiger partial charge in [-0.25, -0.2) is 9.18 Å². The Morgan fingerprint density at radius 3 is 2.75 bits per heavy atom. The van der Waals surface area contributed by atoms with Crippen molar-refractivity contribution >= 4 is 28.5 Å². The number of halogens is 2. The highest BCUT2D eigenvalue weighted by Gasteiger charge is 2.27. The maximum Gasteiger partial charge on any atom is 0.343 e. The van der Waals surface area contributed by atoms with Gasteiger partial charge in [-0.3, -0.25) is 4.79 Å². The van der Waals surface area contributed by atoms with Gasteiger partial charge in [-0.1, -0.05) is 11.6 Å². The van der Waals surface area contributed by atoms with E-state index in [2.05, 4.69) is 4.74 Å². The van der Waals surface area contributed by atoms with Gasteiger partial charge in [-0.05, 0) is 25.0 Å². The van der Waals surface area contributed by atoms with Crippen LogP contribution in [0.4, 0.5) is 4.39 Å². The third kappa shape index (κ3) is 1.98. The first-order chi connectivity index (χ1) is 9.52. The molecular formula is C14H11ClFNO3. The number of hydrogen-bond acceptors (Lipinski definition) is 3. The number of fused-ring (bicyclic) bond motifs is 1. The number of ether oxygens (including phenoxy) is 1. The number of hydrogen-bond donors (Lipinski definition) is 0. The lowest BCUT2D eigenvalue weighted by Crippen LogP contribution is -2.20. The molecule has 1 saturated carbocycles. The molecule has 0 saturated heterocycles. The molecule has 4 nitrogen and oxygen atoms in total. The Labute approximate surface area is 118 Å². The van der Waals surface area contributed by atoms with Crippen molar-refractivity contribution in [2.45, 2.75) is 18.9 Å². The molecule has 1 aromatic heterocycles. The van der Waals surface area contributed by atoms with E-state index in [0.717, 1.165) is 18.9 Å². The topological polar surface area (TPSA) is 48.3 Å². The molecule has 0 spiro atoms. The highest BCUT2D eigenvalue weighted by molar-refractivity contribution is 6.31. The molecular weight excluding hydrogens is 285 g/mol. The fourth-order valence-electron chi connectivity index (χ4n) is 2.25. The number of carbonyl (C=O) groups excluding carboxylic acids is 1. The second-order valence-electron chi connectivity index (χ2n) is 4.79. The summed E-state index contributed by atoms with van der Waals surface area (Å²) in [5.74, 6) is -1.40. The number of aromatic nitrogens is 1. The third-order valence-corrected chi connectivity index (χ3v) is 3.71. The first kappa shape index (κ1) is 13.1. The first-order valence-electron chi connectivity index (χ1n) is 6.15. The van der Waals surface area contributed by atoms with E-state index in [-0.39, 0.29) is 22.0 Å². The summed E-state index contributed by atoms with van der Waals surface area (Å²) in [6.07, 6.45) is 3.38. The molecule has 0 N–H and O–H groups in total. The average molecular weight is 296 g/mol. The van der Waals surface area contributed by atoms with E-state index in [0.29, 0.717) is 5.52 Å². The second-order valence-corrected chi connectivity index (χ2v) is 5.19. The van der Waals surface area contributed by atoms with Crippen molar-refractivity contribution in [2.24, 2.45) is 0 Å². The first-order valence-corrected chi connectivity index (χ1v) is 6.53. The molecule has 104 valence electrons. The Bertz CT molecular complexity index is 780. The minimum atomic E-state index is -0.721. The molecule has 20 heavy (non-hydrogen) atoms. The predicted octanol–water partition coefficient (Wildman–Crippen LogP) is 2.92. The van der Waals surface area contributed by atoms with Crippen LogP contribution in [0.2, 0.25) is 5.02 Å². The average Bonchev–Trinajstić information content (AvgIpc) is 3.25. The van der Waals surface area contributed by atoms with E-state index < -0.39 is 17.2 Å². The van der Waals surface area contributed by atoms with Gasteiger partial charge < -0.3 is 9.30 Å². The molecule has 1 aromatic carbocycles. The van der Waals surface area contributed by atoms with E-state index in [9.17, 15) is 14.0 Å². The number of nitrogens with zero attached hydrogens (tertiary/aromatic N) is 1. The van der Waals surface area contributed by atoms with Crippen LogP contribution in [-0.4, -0.2) is 17.6 Å². The zero-order valence-corrected chi connectivity index (χ0v) is 11.4. The highest BCUT2D eigenvalue weighted by Crippen LogP contribution is 2.37. The van der Waals surface area contributed by atoms with Gasteiger partial charge in [0.05, 0.1) is 17.6 Å². The fraction of sp³-hybridized carbons (Fsp3) is 0.286. The smallest absolute Gasteiger partial charge is 0.343 e. The summed E-state index contributed by atoms with van der Waals surface area (Å²) >= 11 is 5.78. The van der Waals surface area contributed by atoms with Crippen LogP contribution in [0.5, 0.6) is 0 Å². The van der Waals surface area contributed by atoms with Crippen LogP contribution in [0, 0.1) is 5.82 Å². The van der Waals surface area contributed by atoms with Crippen LogP contribution >= 0.6 is 11.6 Å². The molecule has 1 fully saturated rings. The van der Waals surface area contributed by atoms with Gasteiger partial charge in [0.2, 0.25) is 5.43 Å². The van der Waals surface area contributed by atoms with Crippen molar-refractivity contribution < 1.29 is 13.9 Å². The SMILES string of the molecule is COC(=O)c1cn(C2CC2)c2cc(Cl)c(F)cc2c1=O. The molecule has 3 rings (SSSR count).